The molecule has 0 bridgehead atoms. The highest BCUT2D eigenvalue weighted by molar-refractivity contribution is 14.0. The number of halogens is 1. The van der Waals surface area contributed by atoms with Crippen LogP contribution in [0, 0.1) is 0 Å². The first-order valence-electron chi connectivity index (χ1n) is 6.96. The van der Waals surface area contributed by atoms with E-state index in [0.717, 1.165) is 29.7 Å². The fourth-order valence-electron chi connectivity index (χ4n) is 1.65. The van der Waals surface area contributed by atoms with Crippen LogP contribution in [0.1, 0.15) is 31.4 Å². The molecule has 21 heavy (non-hydrogen) atoms. The molecular weight excluding hydrogens is 377 g/mol. The smallest absolute Gasteiger partial charge is 0.189 e. The average molecular weight is 403 g/mol. The monoisotopic (exact) mass is 403 g/mol. The van der Waals surface area contributed by atoms with E-state index in [0.29, 0.717) is 25.7 Å². The molecule has 1 rings (SSSR count). The lowest BCUT2D eigenvalue weighted by atomic mass is 10.1. The molecule has 4 nitrogen and oxygen atoms in total. The van der Waals surface area contributed by atoms with E-state index < -0.39 is 0 Å². The molecule has 0 saturated heterocycles. The van der Waals surface area contributed by atoms with Crippen LogP contribution >= 0.6 is 24.0 Å². The molecule has 0 aliphatic rings. The molecule has 0 fully saturated rings. The Balaban J connectivity index is 0.00000400. The van der Waals surface area contributed by atoms with E-state index in [-0.39, 0.29) is 24.0 Å². The van der Waals surface area contributed by atoms with Gasteiger partial charge in [0.15, 0.2) is 5.96 Å². The Morgan fingerprint density at radius 1 is 1.33 bits per heavy atom. The van der Waals surface area contributed by atoms with Crippen LogP contribution in [-0.2, 0) is 17.9 Å². The van der Waals surface area contributed by atoms with Crippen molar-refractivity contribution in [1.29, 1.82) is 0 Å². The van der Waals surface area contributed by atoms with Crippen molar-refractivity contribution in [2.75, 3.05) is 13.2 Å². The van der Waals surface area contributed by atoms with Crippen molar-refractivity contribution in [2.24, 2.45) is 10.7 Å². The number of hydrogen-bond acceptors (Lipinski definition) is 2. The SMILES string of the molecule is C=C(C)CNC(N)=NCc1ccccc1COCCC.I. The summed E-state index contributed by atoms with van der Waals surface area (Å²) in [7, 11) is 0. The fourth-order valence-corrected chi connectivity index (χ4v) is 1.65. The molecule has 0 amide bonds. The first-order chi connectivity index (χ1) is 9.63. The zero-order valence-electron chi connectivity index (χ0n) is 12.9. The van der Waals surface area contributed by atoms with Crippen LogP contribution in [0.25, 0.3) is 0 Å². The number of nitrogens with one attached hydrogen (secondary N) is 1. The van der Waals surface area contributed by atoms with Crippen LogP contribution in [0.2, 0.25) is 0 Å². The van der Waals surface area contributed by atoms with Gasteiger partial charge in [0.25, 0.3) is 0 Å². The quantitative estimate of drug-likeness (QED) is 0.230. The van der Waals surface area contributed by atoms with Gasteiger partial charge in [-0.1, -0.05) is 43.3 Å². The number of nitrogens with two attached hydrogens (primary N) is 1. The first-order valence-corrected chi connectivity index (χ1v) is 6.96. The van der Waals surface area contributed by atoms with E-state index in [4.69, 9.17) is 10.5 Å². The highest BCUT2D eigenvalue weighted by Crippen LogP contribution is 2.11. The van der Waals surface area contributed by atoms with E-state index in [9.17, 15) is 0 Å². The van der Waals surface area contributed by atoms with Gasteiger partial charge in [-0.2, -0.15) is 0 Å². The number of rotatable bonds is 8. The summed E-state index contributed by atoms with van der Waals surface area (Å²) in [5, 5.41) is 3.02. The number of aliphatic imine (C=N–C) groups is 1. The molecule has 0 aromatic heterocycles. The third-order valence-electron chi connectivity index (χ3n) is 2.72. The highest BCUT2D eigenvalue weighted by atomic mass is 127. The number of nitrogens with zero attached hydrogens (tertiary/aromatic N) is 1. The van der Waals surface area contributed by atoms with Crippen molar-refractivity contribution in [3.05, 3.63) is 47.5 Å². The van der Waals surface area contributed by atoms with Crippen molar-refractivity contribution in [3.63, 3.8) is 0 Å². The molecular formula is C16H26IN3O. The maximum Gasteiger partial charge on any atom is 0.189 e. The Morgan fingerprint density at radius 3 is 2.62 bits per heavy atom. The third kappa shape index (κ3) is 8.72. The minimum Gasteiger partial charge on any atom is -0.377 e. The minimum atomic E-state index is 0. The molecule has 0 heterocycles. The summed E-state index contributed by atoms with van der Waals surface area (Å²) in [5.41, 5.74) is 9.14. The number of hydrogen-bond donors (Lipinski definition) is 2. The second-order valence-corrected chi connectivity index (χ2v) is 4.83. The van der Waals surface area contributed by atoms with Crippen LogP contribution in [0.15, 0.2) is 41.4 Å². The van der Waals surface area contributed by atoms with Crippen LogP contribution in [0.4, 0.5) is 0 Å². The number of guanidine groups is 1. The Kier molecular flexibility index (Phi) is 11.0. The Morgan fingerprint density at radius 2 is 2.00 bits per heavy atom. The van der Waals surface area contributed by atoms with Crippen molar-refractivity contribution in [3.8, 4) is 0 Å². The van der Waals surface area contributed by atoms with Gasteiger partial charge >= 0.3 is 0 Å². The van der Waals surface area contributed by atoms with E-state index in [1.807, 2.05) is 19.1 Å². The topological polar surface area (TPSA) is 59.6 Å². The standard InChI is InChI=1S/C16H25N3O.HI/c1-4-9-20-12-15-8-6-5-7-14(15)11-19-16(17)18-10-13(2)3;/h5-8H,2,4,9-12H2,1,3H3,(H3,17,18,19);1H. The van der Waals surface area contributed by atoms with Crippen molar-refractivity contribution in [1.82, 2.24) is 5.32 Å². The molecule has 0 atom stereocenters. The Bertz CT molecular complexity index is 461. The number of benzene rings is 1. The molecule has 0 unspecified atom stereocenters. The Labute approximate surface area is 144 Å². The van der Waals surface area contributed by atoms with E-state index in [1.165, 1.54) is 0 Å². The average Bonchev–Trinajstić information content (AvgIpc) is 2.44. The zero-order valence-corrected chi connectivity index (χ0v) is 15.2. The summed E-state index contributed by atoms with van der Waals surface area (Å²) in [6.45, 7) is 10.5. The maximum atomic E-state index is 5.81. The van der Waals surface area contributed by atoms with Crippen LogP contribution in [0.3, 0.4) is 0 Å². The second kappa shape index (κ2) is 11.6. The van der Waals surface area contributed by atoms with Gasteiger partial charge < -0.3 is 15.8 Å². The van der Waals surface area contributed by atoms with Gasteiger partial charge in [-0.15, -0.1) is 24.0 Å². The summed E-state index contributed by atoms with van der Waals surface area (Å²) >= 11 is 0. The number of ether oxygens (including phenoxy) is 1. The van der Waals surface area contributed by atoms with Gasteiger partial charge in [0.1, 0.15) is 0 Å². The fraction of sp³-hybridized carbons (Fsp3) is 0.438. The molecule has 1 aromatic carbocycles. The van der Waals surface area contributed by atoms with E-state index >= 15 is 0 Å². The largest absolute Gasteiger partial charge is 0.377 e. The van der Waals surface area contributed by atoms with Crippen molar-refractivity contribution in [2.45, 2.75) is 33.4 Å². The van der Waals surface area contributed by atoms with E-state index in [2.05, 4.69) is 35.9 Å². The lowest BCUT2D eigenvalue weighted by molar-refractivity contribution is 0.121. The van der Waals surface area contributed by atoms with Crippen LogP contribution < -0.4 is 11.1 Å². The lowest BCUT2D eigenvalue weighted by Gasteiger charge is -2.09. The third-order valence-corrected chi connectivity index (χ3v) is 2.72. The summed E-state index contributed by atoms with van der Waals surface area (Å²) in [6, 6.07) is 8.14. The Hall–Kier alpha value is -1.08. The molecule has 3 N–H and O–H groups in total. The van der Waals surface area contributed by atoms with Gasteiger partial charge in [-0.25, -0.2) is 4.99 Å². The molecule has 0 spiro atoms. The highest BCUT2D eigenvalue weighted by Gasteiger charge is 2.01. The molecule has 0 saturated carbocycles. The van der Waals surface area contributed by atoms with Gasteiger partial charge in [0, 0.05) is 13.2 Å². The maximum absolute atomic E-state index is 5.81. The summed E-state index contributed by atoms with van der Waals surface area (Å²) in [6.07, 6.45) is 1.03. The molecule has 0 radical (unpaired) electrons. The minimum absolute atomic E-state index is 0. The molecule has 0 aliphatic carbocycles. The van der Waals surface area contributed by atoms with E-state index in [1.54, 1.807) is 0 Å². The van der Waals surface area contributed by atoms with Gasteiger partial charge in [-0.05, 0) is 24.5 Å². The summed E-state index contributed by atoms with van der Waals surface area (Å²) in [5.74, 6) is 0.442. The van der Waals surface area contributed by atoms with Gasteiger partial charge in [0.2, 0.25) is 0 Å². The summed E-state index contributed by atoms with van der Waals surface area (Å²) < 4.78 is 5.59. The van der Waals surface area contributed by atoms with Crippen molar-refractivity contribution >= 4 is 29.9 Å². The molecule has 0 aliphatic heterocycles. The van der Waals surface area contributed by atoms with Gasteiger partial charge in [0.05, 0.1) is 13.2 Å². The predicted octanol–water partition coefficient (Wildman–Crippen LogP) is 3.21. The lowest BCUT2D eigenvalue weighted by Crippen LogP contribution is -2.32. The second-order valence-electron chi connectivity index (χ2n) is 4.83. The zero-order chi connectivity index (χ0) is 14.8. The van der Waals surface area contributed by atoms with Crippen LogP contribution in [-0.4, -0.2) is 19.1 Å². The first kappa shape index (κ1) is 19.9. The normalized spacial score (nSPS) is 10.9. The molecule has 118 valence electrons. The molecule has 1 aromatic rings. The van der Waals surface area contributed by atoms with Crippen LogP contribution in [0.5, 0.6) is 0 Å². The predicted molar refractivity (Wildman–Crippen MR) is 99.9 cm³/mol. The van der Waals surface area contributed by atoms with Gasteiger partial charge in [-0.3, -0.25) is 0 Å². The van der Waals surface area contributed by atoms with Crippen molar-refractivity contribution < 1.29 is 4.74 Å². The summed E-state index contributed by atoms with van der Waals surface area (Å²) in [4.78, 5) is 4.34. The molecule has 5 heteroatoms.